The Bertz CT molecular complexity index is 991. The van der Waals surface area contributed by atoms with E-state index in [9.17, 15) is 14.7 Å². The number of piperidine rings is 1. The monoisotopic (exact) mass is 396 g/mol. The van der Waals surface area contributed by atoms with E-state index in [1.54, 1.807) is 41.9 Å². The van der Waals surface area contributed by atoms with Gasteiger partial charge >= 0.3 is 5.97 Å². The van der Waals surface area contributed by atoms with Crippen molar-refractivity contribution in [3.63, 3.8) is 0 Å². The first-order valence-corrected chi connectivity index (χ1v) is 10.0. The molecule has 2 aromatic heterocycles. The standard InChI is InChI=1S/C20H20N4O3S/c25-18(23-16(20(26)27)13-5-2-1-3-6-13)14-7-4-9-24(11-14)17-15-8-10-28-19(15)22-12-21-17/h1-3,5-6,8,10,12,14,16H,4,7,9,11H2,(H,23,25)(H,26,27)/t14?,16-/m1/s1. The Morgan fingerprint density at radius 2 is 2.04 bits per heavy atom. The maximum absolute atomic E-state index is 12.8. The van der Waals surface area contributed by atoms with Gasteiger partial charge in [0.1, 0.15) is 17.0 Å². The third-order valence-electron chi connectivity index (χ3n) is 5.00. The van der Waals surface area contributed by atoms with Gasteiger partial charge < -0.3 is 15.3 Å². The Hall–Kier alpha value is -3.00. The van der Waals surface area contributed by atoms with E-state index in [4.69, 9.17) is 0 Å². The second-order valence-corrected chi connectivity index (χ2v) is 7.71. The number of benzene rings is 1. The van der Waals surface area contributed by atoms with E-state index in [2.05, 4.69) is 20.2 Å². The number of aliphatic carboxylic acids is 1. The minimum absolute atomic E-state index is 0.239. The molecule has 1 amide bonds. The molecule has 1 aliphatic rings. The van der Waals surface area contributed by atoms with Gasteiger partial charge in [-0.2, -0.15) is 0 Å². The molecule has 0 saturated carbocycles. The lowest BCUT2D eigenvalue weighted by atomic mass is 9.96. The minimum Gasteiger partial charge on any atom is -0.479 e. The highest BCUT2D eigenvalue weighted by Crippen LogP contribution is 2.30. The topological polar surface area (TPSA) is 95.4 Å². The highest BCUT2D eigenvalue weighted by molar-refractivity contribution is 7.16. The fourth-order valence-electron chi connectivity index (χ4n) is 3.61. The van der Waals surface area contributed by atoms with E-state index in [1.165, 1.54) is 0 Å². The summed E-state index contributed by atoms with van der Waals surface area (Å²) in [4.78, 5) is 36.3. The Balaban J connectivity index is 1.50. The van der Waals surface area contributed by atoms with Crippen LogP contribution in [0.1, 0.15) is 24.4 Å². The summed E-state index contributed by atoms with van der Waals surface area (Å²) >= 11 is 1.56. The van der Waals surface area contributed by atoms with Crippen molar-refractivity contribution in [1.29, 1.82) is 0 Å². The quantitative estimate of drug-likeness (QED) is 0.689. The number of thiophene rings is 1. The third kappa shape index (κ3) is 3.68. The van der Waals surface area contributed by atoms with Crippen LogP contribution in [0, 0.1) is 5.92 Å². The van der Waals surface area contributed by atoms with Crippen molar-refractivity contribution in [3.05, 3.63) is 53.7 Å². The van der Waals surface area contributed by atoms with Crippen LogP contribution in [-0.4, -0.2) is 40.0 Å². The van der Waals surface area contributed by atoms with E-state index in [0.29, 0.717) is 12.1 Å². The Morgan fingerprint density at radius 3 is 2.82 bits per heavy atom. The van der Waals surface area contributed by atoms with Crippen molar-refractivity contribution in [1.82, 2.24) is 15.3 Å². The molecule has 8 heteroatoms. The maximum atomic E-state index is 12.8. The second-order valence-electron chi connectivity index (χ2n) is 6.81. The van der Waals surface area contributed by atoms with E-state index >= 15 is 0 Å². The van der Waals surface area contributed by atoms with Gasteiger partial charge in [0, 0.05) is 13.1 Å². The van der Waals surface area contributed by atoms with Gasteiger partial charge in [-0.05, 0) is 29.9 Å². The normalized spacial score (nSPS) is 18.0. The number of fused-ring (bicyclic) bond motifs is 1. The fourth-order valence-corrected chi connectivity index (χ4v) is 4.33. The first kappa shape index (κ1) is 18.4. The van der Waals surface area contributed by atoms with Crippen LogP contribution in [0.25, 0.3) is 10.2 Å². The van der Waals surface area contributed by atoms with Gasteiger partial charge in [0.05, 0.1) is 11.3 Å². The largest absolute Gasteiger partial charge is 0.479 e. The number of carbonyl (C=O) groups is 2. The Kier molecular flexibility index (Phi) is 5.21. The first-order valence-electron chi connectivity index (χ1n) is 9.15. The predicted molar refractivity (Wildman–Crippen MR) is 107 cm³/mol. The summed E-state index contributed by atoms with van der Waals surface area (Å²) in [5.41, 5.74) is 0.562. The van der Waals surface area contributed by atoms with Crippen LogP contribution < -0.4 is 10.2 Å². The number of carbonyl (C=O) groups excluding carboxylic acids is 1. The molecule has 0 aliphatic carbocycles. The average Bonchev–Trinajstić information content (AvgIpc) is 3.21. The summed E-state index contributed by atoms with van der Waals surface area (Å²) in [7, 11) is 0. The molecule has 3 heterocycles. The van der Waals surface area contributed by atoms with Gasteiger partial charge in [0.25, 0.3) is 0 Å². The first-order chi connectivity index (χ1) is 13.6. The summed E-state index contributed by atoms with van der Waals surface area (Å²) in [6, 6.07) is 9.71. The van der Waals surface area contributed by atoms with Crippen molar-refractivity contribution in [2.45, 2.75) is 18.9 Å². The number of rotatable bonds is 5. The number of hydrogen-bond donors (Lipinski definition) is 2. The van der Waals surface area contributed by atoms with E-state index < -0.39 is 12.0 Å². The average molecular weight is 396 g/mol. The van der Waals surface area contributed by atoms with Crippen LogP contribution in [0.3, 0.4) is 0 Å². The van der Waals surface area contributed by atoms with Crippen LogP contribution in [0.2, 0.25) is 0 Å². The molecular formula is C20H20N4O3S. The fraction of sp³-hybridized carbons (Fsp3) is 0.300. The van der Waals surface area contributed by atoms with Crippen LogP contribution in [0.15, 0.2) is 48.1 Å². The molecule has 3 aromatic rings. The number of aromatic nitrogens is 2. The highest BCUT2D eigenvalue weighted by Gasteiger charge is 2.31. The molecule has 1 unspecified atom stereocenters. The summed E-state index contributed by atoms with van der Waals surface area (Å²) in [6.07, 6.45) is 3.12. The summed E-state index contributed by atoms with van der Waals surface area (Å²) < 4.78 is 0. The lowest BCUT2D eigenvalue weighted by Gasteiger charge is -2.33. The number of carboxylic acids is 1. The maximum Gasteiger partial charge on any atom is 0.330 e. The number of amides is 1. The molecule has 2 atom stereocenters. The lowest BCUT2D eigenvalue weighted by molar-refractivity contribution is -0.142. The van der Waals surface area contributed by atoms with E-state index in [1.807, 2.05) is 17.5 Å². The molecule has 1 fully saturated rings. The van der Waals surface area contributed by atoms with Crippen molar-refractivity contribution in [3.8, 4) is 0 Å². The van der Waals surface area contributed by atoms with Crippen LogP contribution in [0.5, 0.6) is 0 Å². The molecule has 1 saturated heterocycles. The van der Waals surface area contributed by atoms with Gasteiger partial charge in [0.2, 0.25) is 5.91 Å². The van der Waals surface area contributed by atoms with E-state index in [0.717, 1.165) is 35.4 Å². The zero-order chi connectivity index (χ0) is 19.5. The summed E-state index contributed by atoms with van der Waals surface area (Å²) in [6.45, 7) is 1.32. The molecule has 1 aromatic carbocycles. The Morgan fingerprint density at radius 1 is 1.21 bits per heavy atom. The Labute approximate surface area is 166 Å². The zero-order valence-corrected chi connectivity index (χ0v) is 15.9. The van der Waals surface area contributed by atoms with Crippen LogP contribution >= 0.6 is 11.3 Å². The second kappa shape index (κ2) is 7.93. The minimum atomic E-state index is -1.07. The number of nitrogens with zero attached hydrogens (tertiary/aromatic N) is 3. The zero-order valence-electron chi connectivity index (χ0n) is 15.1. The summed E-state index contributed by atoms with van der Waals surface area (Å²) in [5, 5.41) is 15.2. The van der Waals surface area contributed by atoms with Crippen LogP contribution in [-0.2, 0) is 9.59 Å². The van der Waals surface area contributed by atoms with Crippen molar-refractivity contribution >= 4 is 39.2 Å². The van der Waals surface area contributed by atoms with Crippen LogP contribution in [0.4, 0.5) is 5.82 Å². The molecule has 0 radical (unpaired) electrons. The number of anilines is 1. The molecule has 0 bridgehead atoms. The van der Waals surface area contributed by atoms with Gasteiger partial charge in [-0.15, -0.1) is 11.3 Å². The summed E-state index contributed by atoms with van der Waals surface area (Å²) in [5.74, 6) is -0.760. The van der Waals surface area contributed by atoms with Crippen molar-refractivity contribution in [2.75, 3.05) is 18.0 Å². The molecule has 28 heavy (non-hydrogen) atoms. The van der Waals surface area contributed by atoms with Gasteiger partial charge in [0.15, 0.2) is 6.04 Å². The van der Waals surface area contributed by atoms with E-state index in [-0.39, 0.29) is 11.8 Å². The highest BCUT2D eigenvalue weighted by atomic mass is 32.1. The van der Waals surface area contributed by atoms with Gasteiger partial charge in [-0.25, -0.2) is 14.8 Å². The molecular weight excluding hydrogens is 376 g/mol. The molecule has 144 valence electrons. The van der Waals surface area contributed by atoms with Crippen molar-refractivity contribution in [2.24, 2.45) is 5.92 Å². The smallest absolute Gasteiger partial charge is 0.330 e. The number of nitrogens with one attached hydrogen (secondary N) is 1. The molecule has 1 aliphatic heterocycles. The lowest BCUT2D eigenvalue weighted by Crippen LogP contribution is -2.45. The van der Waals surface area contributed by atoms with Crippen molar-refractivity contribution < 1.29 is 14.7 Å². The predicted octanol–water partition coefficient (Wildman–Crippen LogP) is 2.85. The molecule has 2 N–H and O–H groups in total. The molecule has 7 nitrogen and oxygen atoms in total. The third-order valence-corrected chi connectivity index (χ3v) is 5.82. The molecule has 0 spiro atoms. The SMILES string of the molecule is O=C(N[C@@H](C(=O)O)c1ccccc1)C1CCCN(c2ncnc3sccc23)C1. The molecule has 4 rings (SSSR count). The van der Waals surface area contributed by atoms with Gasteiger partial charge in [-0.3, -0.25) is 4.79 Å². The van der Waals surface area contributed by atoms with Gasteiger partial charge in [-0.1, -0.05) is 30.3 Å². The number of carboxylic acid groups (broad SMARTS) is 1. The number of hydrogen-bond acceptors (Lipinski definition) is 6.